The van der Waals surface area contributed by atoms with Crippen LogP contribution >= 0.6 is 11.3 Å². The Kier molecular flexibility index (Phi) is 5.46. The van der Waals surface area contributed by atoms with E-state index in [0.717, 1.165) is 36.2 Å². The van der Waals surface area contributed by atoms with Gasteiger partial charge in [0.05, 0.1) is 17.1 Å². The van der Waals surface area contributed by atoms with Crippen molar-refractivity contribution in [3.8, 4) is 0 Å². The smallest absolute Gasteiger partial charge is 0.259 e. The standard InChI is InChI=1S/C20H24N4O3S2/c1-14-6-7-17(29(26,27)23-8-4-3-5-9-23)11-18(14)21-12-16-10-19(25)24-15(2)13-28-20(24)22-16/h6-7,10-11,13,21H,3-5,8-9,12H2,1-2H3. The van der Waals surface area contributed by atoms with Gasteiger partial charge in [0.25, 0.3) is 5.56 Å². The second-order valence-electron chi connectivity index (χ2n) is 7.38. The lowest BCUT2D eigenvalue weighted by Gasteiger charge is -2.26. The molecule has 0 aliphatic carbocycles. The number of nitrogens with zero attached hydrogens (tertiary/aromatic N) is 3. The number of aromatic nitrogens is 2. The molecule has 1 aliphatic heterocycles. The van der Waals surface area contributed by atoms with Crippen molar-refractivity contribution in [2.75, 3.05) is 18.4 Å². The lowest BCUT2D eigenvalue weighted by atomic mass is 10.2. The van der Waals surface area contributed by atoms with E-state index in [0.29, 0.717) is 35.2 Å². The molecule has 0 atom stereocenters. The second-order valence-corrected chi connectivity index (χ2v) is 10.2. The third kappa shape index (κ3) is 3.94. The highest BCUT2D eigenvalue weighted by molar-refractivity contribution is 7.89. The third-order valence-corrected chi connectivity index (χ3v) is 8.09. The first kappa shape index (κ1) is 20.1. The molecule has 1 N–H and O–H groups in total. The van der Waals surface area contributed by atoms with Crippen molar-refractivity contribution >= 4 is 32.0 Å². The summed E-state index contributed by atoms with van der Waals surface area (Å²) in [5.74, 6) is 0. The van der Waals surface area contributed by atoms with Gasteiger partial charge in [0.15, 0.2) is 4.96 Å². The zero-order chi connectivity index (χ0) is 20.6. The van der Waals surface area contributed by atoms with Gasteiger partial charge in [-0.15, -0.1) is 11.3 Å². The Balaban J connectivity index is 1.58. The van der Waals surface area contributed by atoms with Gasteiger partial charge in [-0.3, -0.25) is 9.20 Å². The first-order valence-electron chi connectivity index (χ1n) is 9.68. The van der Waals surface area contributed by atoms with Crippen LogP contribution in [0, 0.1) is 13.8 Å². The molecule has 9 heteroatoms. The van der Waals surface area contributed by atoms with Crippen molar-refractivity contribution in [1.29, 1.82) is 0 Å². The molecule has 1 saturated heterocycles. The fraction of sp³-hybridized carbons (Fsp3) is 0.400. The van der Waals surface area contributed by atoms with Crippen molar-refractivity contribution in [2.45, 2.75) is 44.6 Å². The average Bonchev–Trinajstić information content (AvgIpc) is 3.09. The van der Waals surface area contributed by atoms with E-state index in [4.69, 9.17) is 0 Å². The Hall–Kier alpha value is -2.23. The zero-order valence-corrected chi connectivity index (χ0v) is 18.1. The summed E-state index contributed by atoms with van der Waals surface area (Å²) in [7, 11) is -3.49. The number of fused-ring (bicyclic) bond motifs is 1. The van der Waals surface area contributed by atoms with Crippen molar-refractivity contribution in [3.05, 3.63) is 57.0 Å². The highest BCUT2D eigenvalue weighted by Crippen LogP contribution is 2.25. The van der Waals surface area contributed by atoms with Crippen LogP contribution < -0.4 is 10.9 Å². The number of hydrogen-bond donors (Lipinski definition) is 1. The van der Waals surface area contributed by atoms with E-state index < -0.39 is 10.0 Å². The summed E-state index contributed by atoms with van der Waals surface area (Å²) in [6.45, 7) is 5.30. The molecule has 3 aromatic rings. The van der Waals surface area contributed by atoms with E-state index >= 15 is 0 Å². The normalized spacial score (nSPS) is 15.7. The van der Waals surface area contributed by atoms with Crippen LogP contribution in [-0.4, -0.2) is 35.2 Å². The number of anilines is 1. The number of piperidine rings is 1. The molecule has 0 unspecified atom stereocenters. The predicted molar refractivity (Wildman–Crippen MR) is 115 cm³/mol. The molecule has 1 aliphatic rings. The number of nitrogens with one attached hydrogen (secondary N) is 1. The van der Waals surface area contributed by atoms with Crippen LogP contribution in [0.1, 0.15) is 36.2 Å². The van der Waals surface area contributed by atoms with Crippen LogP contribution in [0.5, 0.6) is 0 Å². The Morgan fingerprint density at radius 2 is 1.90 bits per heavy atom. The minimum Gasteiger partial charge on any atom is -0.379 e. The van der Waals surface area contributed by atoms with E-state index in [2.05, 4.69) is 10.3 Å². The van der Waals surface area contributed by atoms with Gasteiger partial charge in [0.1, 0.15) is 0 Å². The molecule has 154 valence electrons. The van der Waals surface area contributed by atoms with E-state index in [9.17, 15) is 13.2 Å². The van der Waals surface area contributed by atoms with Crippen LogP contribution in [0.15, 0.2) is 39.3 Å². The van der Waals surface area contributed by atoms with Crippen LogP contribution in [0.4, 0.5) is 5.69 Å². The number of benzene rings is 1. The van der Waals surface area contributed by atoms with Crippen LogP contribution in [-0.2, 0) is 16.6 Å². The predicted octanol–water partition coefficient (Wildman–Crippen LogP) is 3.16. The highest BCUT2D eigenvalue weighted by atomic mass is 32.2. The molecule has 0 saturated carbocycles. The molecule has 3 heterocycles. The van der Waals surface area contributed by atoms with Crippen molar-refractivity contribution in [3.63, 3.8) is 0 Å². The Morgan fingerprint density at radius 1 is 1.14 bits per heavy atom. The minimum atomic E-state index is -3.49. The van der Waals surface area contributed by atoms with Crippen molar-refractivity contribution in [2.24, 2.45) is 0 Å². The maximum Gasteiger partial charge on any atom is 0.259 e. The van der Waals surface area contributed by atoms with Crippen LogP contribution in [0.25, 0.3) is 4.96 Å². The van der Waals surface area contributed by atoms with E-state index in [1.165, 1.54) is 17.4 Å². The summed E-state index contributed by atoms with van der Waals surface area (Å²) in [6, 6.07) is 6.67. The fourth-order valence-corrected chi connectivity index (χ4v) is 6.02. The zero-order valence-electron chi connectivity index (χ0n) is 16.5. The van der Waals surface area contributed by atoms with Gasteiger partial charge in [0, 0.05) is 35.9 Å². The summed E-state index contributed by atoms with van der Waals surface area (Å²) < 4.78 is 29.1. The van der Waals surface area contributed by atoms with Gasteiger partial charge in [-0.2, -0.15) is 4.31 Å². The molecular weight excluding hydrogens is 408 g/mol. The third-order valence-electron chi connectivity index (χ3n) is 5.25. The van der Waals surface area contributed by atoms with E-state index in [1.807, 2.05) is 25.3 Å². The van der Waals surface area contributed by atoms with Crippen LogP contribution in [0.3, 0.4) is 0 Å². The average molecular weight is 433 g/mol. The number of thiazole rings is 1. The largest absolute Gasteiger partial charge is 0.379 e. The molecule has 0 amide bonds. The molecule has 0 spiro atoms. The fourth-order valence-electron chi connectivity index (χ4n) is 3.58. The van der Waals surface area contributed by atoms with Gasteiger partial charge in [-0.1, -0.05) is 12.5 Å². The molecule has 29 heavy (non-hydrogen) atoms. The molecule has 0 radical (unpaired) electrons. The quantitative estimate of drug-likeness (QED) is 0.670. The van der Waals surface area contributed by atoms with Gasteiger partial charge in [0.2, 0.25) is 10.0 Å². The second kappa shape index (κ2) is 7.89. The molecular formula is C20H24N4O3S2. The maximum atomic E-state index is 13.0. The Bertz CT molecular complexity index is 1210. The lowest BCUT2D eigenvalue weighted by molar-refractivity contribution is 0.346. The van der Waals surface area contributed by atoms with Gasteiger partial charge >= 0.3 is 0 Å². The lowest BCUT2D eigenvalue weighted by Crippen LogP contribution is -2.35. The summed E-state index contributed by atoms with van der Waals surface area (Å²) in [4.78, 5) is 17.8. The summed E-state index contributed by atoms with van der Waals surface area (Å²) >= 11 is 1.43. The Morgan fingerprint density at radius 3 is 2.66 bits per heavy atom. The number of aryl methyl sites for hydroxylation is 2. The van der Waals surface area contributed by atoms with E-state index in [-0.39, 0.29) is 5.56 Å². The maximum absolute atomic E-state index is 13.0. The summed E-state index contributed by atoms with van der Waals surface area (Å²) in [5.41, 5.74) is 3.05. The number of hydrogen-bond acceptors (Lipinski definition) is 6. The monoisotopic (exact) mass is 432 g/mol. The highest BCUT2D eigenvalue weighted by Gasteiger charge is 2.26. The minimum absolute atomic E-state index is 0.108. The molecule has 0 bridgehead atoms. The number of rotatable bonds is 5. The molecule has 7 nitrogen and oxygen atoms in total. The summed E-state index contributed by atoms with van der Waals surface area (Å²) in [5, 5.41) is 5.16. The molecule has 4 rings (SSSR count). The Labute approximate surface area is 174 Å². The summed E-state index contributed by atoms with van der Waals surface area (Å²) in [6.07, 6.45) is 2.89. The first-order valence-corrected chi connectivity index (χ1v) is 12.0. The first-order chi connectivity index (χ1) is 13.9. The molecule has 2 aromatic heterocycles. The van der Waals surface area contributed by atoms with Gasteiger partial charge < -0.3 is 5.32 Å². The molecule has 1 aromatic carbocycles. The van der Waals surface area contributed by atoms with Crippen molar-refractivity contribution < 1.29 is 8.42 Å². The van der Waals surface area contributed by atoms with Gasteiger partial charge in [-0.25, -0.2) is 13.4 Å². The van der Waals surface area contributed by atoms with E-state index in [1.54, 1.807) is 20.8 Å². The molecule has 1 fully saturated rings. The van der Waals surface area contributed by atoms with Crippen LogP contribution in [0.2, 0.25) is 0 Å². The topological polar surface area (TPSA) is 83.8 Å². The number of sulfonamides is 1. The SMILES string of the molecule is Cc1ccc(S(=O)(=O)N2CCCCC2)cc1NCc1cc(=O)n2c(C)csc2n1. The van der Waals surface area contributed by atoms with Crippen molar-refractivity contribution in [1.82, 2.24) is 13.7 Å². The van der Waals surface area contributed by atoms with Gasteiger partial charge in [-0.05, 0) is 44.4 Å².